The summed E-state index contributed by atoms with van der Waals surface area (Å²) in [5.74, 6) is -0.183. The summed E-state index contributed by atoms with van der Waals surface area (Å²) in [5, 5.41) is 2.78. The fourth-order valence-electron chi connectivity index (χ4n) is 3.09. The van der Waals surface area contributed by atoms with Crippen LogP contribution in [0.1, 0.15) is 45.8 Å². The fourth-order valence-corrected chi connectivity index (χ4v) is 3.09. The summed E-state index contributed by atoms with van der Waals surface area (Å²) in [4.78, 5) is 27.2. The second-order valence-electron chi connectivity index (χ2n) is 6.97. The second-order valence-corrected chi connectivity index (χ2v) is 6.97. The van der Waals surface area contributed by atoms with Gasteiger partial charge in [-0.2, -0.15) is 0 Å². The van der Waals surface area contributed by atoms with Crippen molar-refractivity contribution in [1.29, 1.82) is 0 Å². The van der Waals surface area contributed by atoms with E-state index in [9.17, 15) is 14.0 Å². The van der Waals surface area contributed by atoms with Crippen molar-refractivity contribution in [3.05, 3.63) is 98.7 Å². The highest BCUT2D eigenvalue weighted by Crippen LogP contribution is 2.22. The van der Waals surface area contributed by atoms with Crippen molar-refractivity contribution >= 4 is 5.91 Å². The number of aromatic nitrogens is 1. The van der Waals surface area contributed by atoms with Gasteiger partial charge >= 0.3 is 0 Å². The van der Waals surface area contributed by atoms with E-state index in [0.717, 1.165) is 16.8 Å². The molecule has 0 saturated carbocycles. The molecule has 6 heteroatoms. The fraction of sp³-hybridized carbons (Fsp3) is 0.217. The van der Waals surface area contributed by atoms with Gasteiger partial charge in [0.15, 0.2) is 0 Å². The van der Waals surface area contributed by atoms with Crippen LogP contribution >= 0.6 is 0 Å². The molecule has 3 rings (SSSR count). The van der Waals surface area contributed by atoms with Crippen LogP contribution in [0.5, 0.6) is 5.75 Å². The molecule has 1 unspecified atom stereocenters. The Balaban J connectivity index is 1.63. The lowest BCUT2D eigenvalue weighted by Crippen LogP contribution is -2.27. The molecule has 0 fully saturated rings. The van der Waals surface area contributed by atoms with Crippen molar-refractivity contribution in [2.45, 2.75) is 33.4 Å². The van der Waals surface area contributed by atoms with Gasteiger partial charge in [0.25, 0.3) is 11.5 Å². The van der Waals surface area contributed by atoms with Crippen LogP contribution in [-0.2, 0) is 6.54 Å². The molecule has 1 aromatic heterocycles. The zero-order chi connectivity index (χ0) is 21.0. The maximum atomic E-state index is 13.3. The van der Waals surface area contributed by atoms with Crippen LogP contribution in [0.25, 0.3) is 0 Å². The highest BCUT2D eigenvalue weighted by molar-refractivity contribution is 5.94. The molecule has 5 nitrogen and oxygen atoms in total. The number of aryl methyl sites for hydroxylation is 2. The smallest absolute Gasteiger partial charge is 0.253 e. The number of amides is 1. The number of pyridine rings is 1. The first kappa shape index (κ1) is 20.3. The first-order valence-electron chi connectivity index (χ1n) is 9.33. The molecule has 2 N–H and O–H groups in total. The van der Waals surface area contributed by atoms with E-state index in [2.05, 4.69) is 10.3 Å². The molecule has 29 heavy (non-hydrogen) atoms. The standard InChI is InChI=1S/C23H23FN2O3/c1-14-11-15(2)26-23(28)21(14)13-25-22(27)18-9-7-17(8-10-18)16(3)29-20-6-4-5-19(24)12-20/h4-12,16H,13H2,1-3H3,(H,25,27)(H,26,28). The van der Waals surface area contributed by atoms with E-state index in [1.807, 2.05) is 26.8 Å². The molecule has 0 aliphatic heterocycles. The molecule has 1 heterocycles. The van der Waals surface area contributed by atoms with Gasteiger partial charge in [-0.1, -0.05) is 18.2 Å². The van der Waals surface area contributed by atoms with Crippen LogP contribution in [0.3, 0.4) is 0 Å². The summed E-state index contributed by atoms with van der Waals surface area (Å²) in [6, 6.07) is 14.8. The van der Waals surface area contributed by atoms with Gasteiger partial charge in [0.05, 0.1) is 0 Å². The zero-order valence-electron chi connectivity index (χ0n) is 16.6. The molecule has 0 aliphatic rings. The number of hydrogen-bond acceptors (Lipinski definition) is 3. The normalized spacial score (nSPS) is 11.7. The number of carbonyl (C=O) groups excluding carboxylic acids is 1. The minimum Gasteiger partial charge on any atom is -0.486 e. The Bertz CT molecular complexity index is 1070. The van der Waals surface area contributed by atoms with Crippen molar-refractivity contribution in [3.63, 3.8) is 0 Å². The summed E-state index contributed by atoms with van der Waals surface area (Å²) in [5.41, 5.74) is 3.31. The van der Waals surface area contributed by atoms with Crippen LogP contribution in [0, 0.1) is 19.7 Å². The number of aromatic amines is 1. The monoisotopic (exact) mass is 394 g/mol. The van der Waals surface area contributed by atoms with Crippen LogP contribution in [0.2, 0.25) is 0 Å². The topological polar surface area (TPSA) is 71.2 Å². The zero-order valence-corrected chi connectivity index (χ0v) is 16.6. The maximum absolute atomic E-state index is 13.3. The third-order valence-electron chi connectivity index (χ3n) is 4.67. The molecular formula is C23H23FN2O3. The number of benzene rings is 2. The lowest BCUT2D eigenvalue weighted by molar-refractivity contribution is 0.0950. The van der Waals surface area contributed by atoms with E-state index < -0.39 is 0 Å². The summed E-state index contributed by atoms with van der Waals surface area (Å²) < 4.78 is 19.0. The van der Waals surface area contributed by atoms with Gasteiger partial charge < -0.3 is 15.0 Å². The molecule has 1 amide bonds. The van der Waals surface area contributed by atoms with Crippen LogP contribution < -0.4 is 15.6 Å². The molecule has 2 aromatic carbocycles. The molecule has 0 saturated heterocycles. The summed E-state index contributed by atoms with van der Waals surface area (Å²) in [6.45, 7) is 5.67. The largest absolute Gasteiger partial charge is 0.486 e. The van der Waals surface area contributed by atoms with E-state index in [0.29, 0.717) is 16.9 Å². The number of rotatable bonds is 6. The lowest BCUT2D eigenvalue weighted by atomic mass is 10.1. The van der Waals surface area contributed by atoms with Crippen molar-refractivity contribution in [3.8, 4) is 5.75 Å². The summed E-state index contributed by atoms with van der Waals surface area (Å²) >= 11 is 0. The molecule has 0 bridgehead atoms. The Morgan fingerprint density at radius 1 is 1.14 bits per heavy atom. The maximum Gasteiger partial charge on any atom is 0.253 e. The number of halogens is 1. The number of H-pyrrole nitrogens is 1. The highest BCUT2D eigenvalue weighted by Gasteiger charge is 2.12. The lowest BCUT2D eigenvalue weighted by Gasteiger charge is -2.15. The minimum absolute atomic E-state index is 0.154. The first-order chi connectivity index (χ1) is 13.8. The molecule has 0 spiro atoms. The Morgan fingerprint density at radius 3 is 2.52 bits per heavy atom. The third kappa shape index (κ3) is 5.10. The van der Waals surface area contributed by atoms with E-state index in [1.165, 1.54) is 12.1 Å². The molecular weight excluding hydrogens is 371 g/mol. The number of ether oxygens (including phenoxy) is 1. The van der Waals surface area contributed by atoms with Gasteiger partial charge in [0, 0.05) is 29.4 Å². The number of nitrogens with one attached hydrogen (secondary N) is 2. The molecule has 1 atom stereocenters. The second kappa shape index (κ2) is 8.73. The van der Waals surface area contributed by atoms with E-state index in [-0.39, 0.29) is 29.9 Å². The van der Waals surface area contributed by atoms with Gasteiger partial charge in [0.1, 0.15) is 17.7 Å². The van der Waals surface area contributed by atoms with Gasteiger partial charge in [-0.25, -0.2) is 4.39 Å². The number of hydrogen-bond donors (Lipinski definition) is 2. The summed E-state index contributed by atoms with van der Waals surface area (Å²) in [6.07, 6.45) is -0.303. The molecule has 0 radical (unpaired) electrons. The van der Waals surface area contributed by atoms with Gasteiger partial charge in [-0.3, -0.25) is 9.59 Å². The molecule has 0 aliphatic carbocycles. The van der Waals surface area contributed by atoms with Crippen molar-refractivity contribution in [1.82, 2.24) is 10.3 Å². The average Bonchev–Trinajstić information content (AvgIpc) is 2.67. The van der Waals surface area contributed by atoms with Crippen molar-refractivity contribution in [2.24, 2.45) is 0 Å². The van der Waals surface area contributed by atoms with Crippen LogP contribution in [0.15, 0.2) is 59.4 Å². The predicted molar refractivity (Wildman–Crippen MR) is 110 cm³/mol. The van der Waals surface area contributed by atoms with E-state index >= 15 is 0 Å². The Kier molecular flexibility index (Phi) is 6.12. The minimum atomic E-state index is -0.357. The molecule has 150 valence electrons. The first-order valence-corrected chi connectivity index (χ1v) is 9.33. The Labute approximate surface area is 168 Å². The Hall–Kier alpha value is -3.41. The van der Waals surface area contributed by atoms with Crippen molar-refractivity contribution < 1.29 is 13.9 Å². The third-order valence-corrected chi connectivity index (χ3v) is 4.67. The number of carbonyl (C=O) groups is 1. The highest BCUT2D eigenvalue weighted by atomic mass is 19.1. The van der Waals surface area contributed by atoms with E-state index in [1.54, 1.807) is 36.4 Å². The van der Waals surface area contributed by atoms with Crippen LogP contribution in [-0.4, -0.2) is 10.9 Å². The Morgan fingerprint density at radius 2 is 1.86 bits per heavy atom. The van der Waals surface area contributed by atoms with Crippen LogP contribution in [0.4, 0.5) is 4.39 Å². The van der Waals surface area contributed by atoms with Gasteiger partial charge in [-0.15, -0.1) is 0 Å². The predicted octanol–water partition coefficient (Wildman–Crippen LogP) is 4.20. The van der Waals surface area contributed by atoms with Gasteiger partial charge in [-0.05, 0) is 62.2 Å². The van der Waals surface area contributed by atoms with E-state index in [4.69, 9.17) is 4.74 Å². The average molecular weight is 394 g/mol. The SMILES string of the molecule is Cc1cc(C)c(CNC(=O)c2ccc(C(C)Oc3cccc(F)c3)cc2)c(=O)[nH]1. The molecule has 3 aromatic rings. The quantitative estimate of drug-likeness (QED) is 0.658. The van der Waals surface area contributed by atoms with Gasteiger partial charge in [0.2, 0.25) is 0 Å². The van der Waals surface area contributed by atoms with Crippen molar-refractivity contribution in [2.75, 3.05) is 0 Å². The summed E-state index contributed by atoms with van der Waals surface area (Å²) in [7, 11) is 0.